The zero-order chi connectivity index (χ0) is 26.2. The first-order chi connectivity index (χ1) is 16.4. The van der Waals surface area contributed by atoms with Crippen molar-refractivity contribution in [3.8, 4) is 6.07 Å². The van der Waals surface area contributed by atoms with Crippen LogP contribution in [-0.4, -0.2) is 35.5 Å². The van der Waals surface area contributed by atoms with E-state index in [1.165, 1.54) is 18.2 Å². The normalized spacial score (nSPS) is 13.7. The van der Waals surface area contributed by atoms with E-state index < -0.39 is 41.9 Å². The van der Waals surface area contributed by atoms with Crippen molar-refractivity contribution in [1.82, 2.24) is 5.32 Å². The number of ketones is 1. The molecule has 0 spiro atoms. The Hall–Kier alpha value is -3.42. The number of nitriles is 1. The van der Waals surface area contributed by atoms with Crippen molar-refractivity contribution in [2.45, 2.75) is 50.6 Å². The zero-order valence-corrected chi connectivity index (χ0v) is 19.4. The fourth-order valence-electron chi connectivity index (χ4n) is 3.20. The molecule has 2 aromatic rings. The summed E-state index contributed by atoms with van der Waals surface area (Å²) in [5.74, 6) is -4.54. The third-order valence-electron chi connectivity index (χ3n) is 5.17. The molecule has 0 saturated carbocycles. The molecule has 35 heavy (non-hydrogen) atoms. The summed E-state index contributed by atoms with van der Waals surface area (Å²) in [6, 6.07) is 14.1. The lowest BCUT2D eigenvalue weighted by Gasteiger charge is -2.29. The Labute approximate surface area is 205 Å². The van der Waals surface area contributed by atoms with Crippen molar-refractivity contribution in [3.05, 3.63) is 70.2 Å². The van der Waals surface area contributed by atoms with Crippen LogP contribution in [0.25, 0.3) is 0 Å². The minimum atomic E-state index is -5.39. The number of aryl methyl sites for hydroxylation is 1. The van der Waals surface area contributed by atoms with Gasteiger partial charge in [0.15, 0.2) is 11.4 Å². The van der Waals surface area contributed by atoms with Gasteiger partial charge in [0.1, 0.15) is 0 Å². The SMILES string of the molecule is C[C@](CC(=O)[C@@H](N)CCc1ccccc1)(OC(=O)C(F)(F)F)C(=O)NCc1cc(Cl)ccc1C#N. The standard InChI is InChI=1S/C24H23ClF3N3O4/c1-23(35-22(34)24(26,27)28,12-20(32)19(30)10-7-15-5-3-2-4-6-15)21(33)31-14-17-11-18(25)9-8-16(17)13-29/h2-6,8-9,11,19H,7,10,12,14,30H2,1H3,(H,31,33)/t19-,23+/m0/s1. The van der Waals surface area contributed by atoms with Crippen LogP contribution in [0.15, 0.2) is 48.5 Å². The molecule has 0 fully saturated rings. The number of benzene rings is 2. The number of nitrogens with zero attached hydrogens (tertiary/aromatic N) is 1. The highest BCUT2D eigenvalue weighted by molar-refractivity contribution is 6.30. The Bertz CT molecular complexity index is 1120. The second kappa shape index (κ2) is 11.8. The Morgan fingerprint density at radius 2 is 1.83 bits per heavy atom. The summed E-state index contributed by atoms with van der Waals surface area (Å²) in [5.41, 5.74) is 4.76. The molecular weight excluding hydrogens is 487 g/mol. The Balaban J connectivity index is 2.17. The number of alkyl halides is 3. The number of nitrogens with two attached hydrogens (primary N) is 1. The molecule has 2 atom stereocenters. The predicted molar refractivity (Wildman–Crippen MR) is 121 cm³/mol. The highest BCUT2D eigenvalue weighted by atomic mass is 35.5. The van der Waals surface area contributed by atoms with Crippen LogP contribution in [-0.2, 0) is 32.1 Å². The third-order valence-corrected chi connectivity index (χ3v) is 5.40. The lowest BCUT2D eigenvalue weighted by atomic mass is 9.92. The smallest absolute Gasteiger partial charge is 0.442 e. The molecule has 0 bridgehead atoms. The maximum atomic E-state index is 12.9. The number of hydrogen-bond acceptors (Lipinski definition) is 6. The number of amides is 1. The van der Waals surface area contributed by atoms with Gasteiger partial charge in [0.2, 0.25) is 0 Å². The molecule has 0 aromatic heterocycles. The first-order valence-corrected chi connectivity index (χ1v) is 10.8. The summed E-state index contributed by atoms with van der Waals surface area (Å²) in [7, 11) is 0. The van der Waals surface area contributed by atoms with Gasteiger partial charge in [-0.1, -0.05) is 41.9 Å². The molecule has 0 heterocycles. The van der Waals surface area contributed by atoms with Gasteiger partial charge in [-0.3, -0.25) is 9.59 Å². The Morgan fingerprint density at radius 3 is 2.43 bits per heavy atom. The second-order valence-corrected chi connectivity index (χ2v) is 8.42. The number of halogens is 4. The Kier molecular flexibility index (Phi) is 9.40. The zero-order valence-electron chi connectivity index (χ0n) is 18.7. The monoisotopic (exact) mass is 509 g/mol. The van der Waals surface area contributed by atoms with E-state index in [1.54, 1.807) is 12.1 Å². The van der Waals surface area contributed by atoms with Gasteiger partial charge < -0.3 is 15.8 Å². The number of ether oxygens (including phenoxy) is 1. The molecule has 0 aliphatic heterocycles. The van der Waals surface area contributed by atoms with Gasteiger partial charge in [-0.15, -0.1) is 0 Å². The van der Waals surface area contributed by atoms with Gasteiger partial charge in [0.05, 0.1) is 24.1 Å². The van der Waals surface area contributed by atoms with Crippen LogP contribution in [0.5, 0.6) is 0 Å². The highest BCUT2D eigenvalue weighted by Crippen LogP contribution is 2.25. The van der Waals surface area contributed by atoms with E-state index in [1.807, 2.05) is 24.3 Å². The van der Waals surface area contributed by atoms with Crippen molar-refractivity contribution in [3.63, 3.8) is 0 Å². The van der Waals surface area contributed by atoms with E-state index in [0.29, 0.717) is 6.42 Å². The van der Waals surface area contributed by atoms with Gasteiger partial charge >= 0.3 is 12.1 Å². The van der Waals surface area contributed by atoms with Crippen LogP contribution in [0, 0.1) is 11.3 Å². The average Bonchev–Trinajstić information content (AvgIpc) is 2.80. The fourth-order valence-corrected chi connectivity index (χ4v) is 3.39. The first-order valence-electron chi connectivity index (χ1n) is 10.4. The summed E-state index contributed by atoms with van der Waals surface area (Å²) in [6.45, 7) is 0.590. The summed E-state index contributed by atoms with van der Waals surface area (Å²) >= 11 is 5.90. The summed E-state index contributed by atoms with van der Waals surface area (Å²) < 4.78 is 43.1. The number of Topliss-reactive ketones (excluding diaryl/α,β-unsaturated/α-hetero) is 1. The van der Waals surface area contributed by atoms with E-state index in [-0.39, 0.29) is 29.1 Å². The first kappa shape index (κ1) is 27.8. The molecule has 186 valence electrons. The van der Waals surface area contributed by atoms with E-state index in [2.05, 4.69) is 10.1 Å². The summed E-state index contributed by atoms with van der Waals surface area (Å²) in [6.07, 6.45) is -5.68. The van der Waals surface area contributed by atoms with Gasteiger partial charge in [-0.05, 0) is 49.1 Å². The molecule has 1 amide bonds. The van der Waals surface area contributed by atoms with Crippen molar-refractivity contribution >= 4 is 29.3 Å². The minimum Gasteiger partial charge on any atom is -0.442 e. The fraction of sp³-hybridized carbons (Fsp3) is 0.333. The molecule has 0 radical (unpaired) electrons. The van der Waals surface area contributed by atoms with Crippen LogP contribution < -0.4 is 11.1 Å². The van der Waals surface area contributed by atoms with Gasteiger partial charge in [0.25, 0.3) is 5.91 Å². The molecule has 0 unspecified atom stereocenters. The molecule has 0 saturated heterocycles. The molecule has 11 heteroatoms. The topological polar surface area (TPSA) is 122 Å². The van der Waals surface area contributed by atoms with Crippen LogP contribution in [0.4, 0.5) is 13.2 Å². The van der Waals surface area contributed by atoms with E-state index in [9.17, 15) is 32.8 Å². The summed E-state index contributed by atoms with van der Waals surface area (Å²) in [4.78, 5) is 37.1. The summed E-state index contributed by atoms with van der Waals surface area (Å²) in [5, 5.41) is 11.8. The number of nitrogens with one attached hydrogen (secondary N) is 1. The molecule has 3 N–H and O–H groups in total. The van der Waals surface area contributed by atoms with E-state index >= 15 is 0 Å². The van der Waals surface area contributed by atoms with Crippen molar-refractivity contribution < 1.29 is 32.3 Å². The molecule has 7 nitrogen and oxygen atoms in total. The molecule has 0 aliphatic rings. The highest BCUT2D eigenvalue weighted by Gasteiger charge is 2.49. The van der Waals surface area contributed by atoms with Crippen molar-refractivity contribution in [2.24, 2.45) is 5.73 Å². The predicted octanol–water partition coefficient (Wildman–Crippen LogP) is 3.61. The van der Waals surface area contributed by atoms with Gasteiger partial charge in [0, 0.05) is 11.6 Å². The number of hydrogen-bond donors (Lipinski definition) is 2. The maximum absolute atomic E-state index is 12.9. The maximum Gasteiger partial charge on any atom is 0.490 e. The van der Waals surface area contributed by atoms with E-state index in [0.717, 1.165) is 12.5 Å². The van der Waals surface area contributed by atoms with Gasteiger partial charge in [-0.25, -0.2) is 4.79 Å². The number of rotatable bonds is 10. The number of carbonyl (C=O) groups is 3. The van der Waals surface area contributed by atoms with Crippen LogP contribution in [0.3, 0.4) is 0 Å². The number of esters is 1. The Morgan fingerprint density at radius 1 is 1.17 bits per heavy atom. The van der Waals surface area contributed by atoms with Crippen molar-refractivity contribution in [2.75, 3.05) is 0 Å². The van der Waals surface area contributed by atoms with Crippen molar-refractivity contribution in [1.29, 1.82) is 5.26 Å². The quantitative estimate of drug-likeness (QED) is 0.472. The number of carbonyl (C=O) groups excluding carboxylic acids is 3. The lowest BCUT2D eigenvalue weighted by Crippen LogP contribution is -2.52. The molecule has 2 rings (SSSR count). The van der Waals surface area contributed by atoms with E-state index in [4.69, 9.17) is 17.3 Å². The van der Waals surface area contributed by atoms with Crippen LogP contribution in [0.2, 0.25) is 5.02 Å². The average molecular weight is 510 g/mol. The second-order valence-electron chi connectivity index (χ2n) is 7.99. The third kappa shape index (κ3) is 8.09. The van der Waals surface area contributed by atoms with Gasteiger partial charge in [-0.2, -0.15) is 18.4 Å². The van der Waals surface area contributed by atoms with Crippen LogP contribution >= 0.6 is 11.6 Å². The molecule has 2 aromatic carbocycles. The molecule has 0 aliphatic carbocycles. The molecular formula is C24H23ClF3N3O4. The largest absolute Gasteiger partial charge is 0.490 e. The minimum absolute atomic E-state index is 0.168. The van der Waals surface area contributed by atoms with Crippen LogP contribution in [0.1, 0.15) is 36.5 Å². The lowest BCUT2D eigenvalue weighted by molar-refractivity contribution is -0.213.